The molecule has 0 bridgehead atoms. The molecule has 0 N–H and O–H groups in total. The molecule has 3 heteroatoms. The van der Waals surface area contributed by atoms with Gasteiger partial charge in [0.1, 0.15) is 5.60 Å². The summed E-state index contributed by atoms with van der Waals surface area (Å²) >= 11 is 0. The number of hydrogen-bond acceptors (Lipinski definition) is 2. The first kappa shape index (κ1) is 13.1. The highest BCUT2D eigenvalue weighted by molar-refractivity contribution is 5.20. The molecule has 0 aliphatic carbocycles. The van der Waals surface area contributed by atoms with E-state index in [4.69, 9.17) is 9.78 Å². The number of alkyl halides is 1. The monoisotopic (exact) mass is 226 g/mol. The fourth-order valence-electron chi connectivity index (χ4n) is 1.34. The maximum atomic E-state index is 13.1. The van der Waals surface area contributed by atoms with E-state index < -0.39 is 12.0 Å². The minimum atomic E-state index is -1.35. The molecule has 0 fully saturated rings. The average molecular weight is 226 g/mol. The Bertz CT molecular complexity index is 298. The van der Waals surface area contributed by atoms with E-state index in [9.17, 15) is 4.39 Å². The van der Waals surface area contributed by atoms with Gasteiger partial charge in [0.05, 0.1) is 0 Å². The molecule has 0 saturated heterocycles. The fraction of sp³-hybridized carbons (Fsp3) is 0.538. The lowest BCUT2D eigenvalue weighted by Gasteiger charge is -2.24. The third-order valence-electron chi connectivity index (χ3n) is 2.35. The van der Waals surface area contributed by atoms with Gasteiger partial charge in [-0.1, -0.05) is 43.7 Å². The Hall–Kier alpha value is -0.930. The molecule has 1 aromatic rings. The van der Waals surface area contributed by atoms with Gasteiger partial charge in [0, 0.05) is 6.42 Å². The summed E-state index contributed by atoms with van der Waals surface area (Å²) in [6.07, 6.45) is -0.269. The van der Waals surface area contributed by atoms with Crippen LogP contribution in [-0.4, -0.2) is 6.36 Å². The summed E-state index contributed by atoms with van der Waals surface area (Å²) in [6.45, 7) is 5.60. The van der Waals surface area contributed by atoms with Gasteiger partial charge in [-0.05, 0) is 19.4 Å². The molecule has 0 heterocycles. The molecule has 1 aromatic carbocycles. The van der Waals surface area contributed by atoms with Gasteiger partial charge < -0.3 is 0 Å². The van der Waals surface area contributed by atoms with Crippen LogP contribution in [0.15, 0.2) is 30.3 Å². The van der Waals surface area contributed by atoms with E-state index in [2.05, 4.69) is 0 Å². The SMILES string of the molecule is CCCC(F)OOC(C)(C)c1ccccc1. The van der Waals surface area contributed by atoms with Crippen molar-refractivity contribution in [1.82, 2.24) is 0 Å². The number of halogens is 1. The zero-order valence-corrected chi connectivity index (χ0v) is 10.1. The lowest BCUT2D eigenvalue weighted by Crippen LogP contribution is -2.24. The highest BCUT2D eigenvalue weighted by Gasteiger charge is 2.24. The van der Waals surface area contributed by atoms with Gasteiger partial charge in [0.2, 0.25) is 6.36 Å². The van der Waals surface area contributed by atoms with E-state index in [0.717, 1.165) is 12.0 Å². The zero-order valence-electron chi connectivity index (χ0n) is 10.1. The first-order chi connectivity index (χ1) is 7.56. The van der Waals surface area contributed by atoms with Gasteiger partial charge in [0.15, 0.2) is 0 Å². The van der Waals surface area contributed by atoms with Crippen molar-refractivity contribution < 1.29 is 14.2 Å². The highest BCUT2D eigenvalue weighted by Crippen LogP contribution is 2.25. The molecular formula is C13H19FO2. The summed E-state index contributed by atoms with van der Waals surface area (Å²) < 4.78 is 13.1. The van der Waals surface area contributed by atoms with E-state index in [1.807, 2.05) is 51.1 Å². The van der Waals surface area contributed by atoms with Crippen molar-refractivity contribution >= 4 is 0 Å². The van der Waals surface area contributed by atoms with Crippen LogP contribution in [0.4, 0.5) is 4.39 Å². The average Bonchev–Trinajstić information content (AvgIpc) is 2.28. The van der Waals surface area contributed by atoms with Crippen LogP contribution in [0.1, 0.15) is 39.2 Å². The lowest BCUT2D eigenvalue weighted by molar-refractivity contribution is -0.404. The van der Waals surface area contributed by atoms with Crippen molar-refractivity contribution in [3.63, 3.8) is 0 Å². The molecule has 0 aliphatic heterocycles. The largest absolute Gasteiger partial charge is 0.231 e. The predicted molar refractivity (Wildman–Crippen MR) is 61.4 cm³/mol. The zero-order chi connectivity index (χ0) is 12.0. The Kier molecular flexibility index (Phi) is 4.90. The Balaban J connectivity index is 2.52. The summed E-state index contributed by atoms with van der Waals surface area (Å²) in [5.74, 6) is 0. The Morgan fingerprint density at radius 1 is 1.25 bits per heavy atom. The first-order valence-electron chi connectivity index (χ1n) is 5.60. The van der Waals surface area contributed by atoms with Crippen LogP contribution >= 0.6 is 0 Å². The molecule has 1 rings (SSSR count). The van der Waals surface area contributed by atoms with Crippen molar-refractivity contribution in [2.75, 3.05) is 0 Å². The Labute approximate surface area is 96.3 Å². The Morgan fingerprint density at radius 3 is 2.44 bits per heavy atom. The van der Waals surface area contributed by atoms with E-state index in [1.54, 1.807) is 0 Å². The number of rotatable bonds is 6. The minimum Gasteiger partial charge on any atom is -0.223 e. The van der Waals surface area contributed by atoms with Crippen LogP contribution in [0.5, 0.6) is 0 Å². The van der Waals surface area contributed by atoms with Crippen LogP contribution in [0.25, 0.3) is 0 Å². The molecule has 0 aliphatic rings. The summed E-state index contributed by atoms with van der Waals surface area (Å²) in [6, 6.07) is 9.61. The summed E-state index contributed by atoms with van der Waals surface area (Å²) in [5, 5.41) is 0. The topological polar surface area (TPSA) is 18.5 Å². The van der Waals surface area contributed by atoms with Crippen molar-refractivity contribution in [2.45, 2.75) is 45.6 Å². The van der Waals surface area contributed by atoms with Crippen LogP contribution < -0.4 is 0 Å². The number of benzene rings is 1. The molecule has 1 atom stereocenters. The maximum absolute atomic E-state index is 13.1. The number of hydrogen-bond donors (Lipinski definition) is 0. The molecule has 1 unspecified atom stereocenters. The van der Waals surface area contributed by atoms with Crippen LogP contribution in [0, 0.1) is 0 Å². The van der Waals surface area contributed by atoms with Gasteiger partial charge in [-0.3, -0.25) is 0 Å². The quantitative estimate of drug-likeness (QED) is 0.540. The predicted octanol–water partition coefficient (Wildman–Crippen LogP) is 3.97. The fourth-order valence-corrected chi connectivity index (χ4v) is 1.34. The highest BCUT2D eigenvalue weighted by atomic mass is 19.1. The van der Waals surface area contributed by atoms with Gasteiger partial charge in [-0.2, -0.15) is 4.89 Å². The van der Waals surface area contributed by atoms with Gasteiger partial charge in [-0.25, -0.2) is 9.28 Å². The van der Waals surface area contributed by atoms with E-state index in [1.165, 1.54) is 0 Å². The molecule has 0 amide bonds. The standard InChI is InChI=1S/C13H19FO2/c1-4-8-12(14)15-16-13(2,3)11-9-6-5-7-10-11/h5-7,9-10,12H,4,8H2,1-3H3. The molecule has 2 nitrogen and oxygen atoms in total. The van der Waals surface area contributed by atoms with Crippen LogP contribution in [-0.2, 0) is 15.4 Å². The molecule has 90 valence electrons. The summed E-state index contributed by atoms with van der Waals surface area (Å²) in [7, 11) is 0. The summed E-state index contributed by atoms with van der Waals surface area (Å²) in [5.41, 5.74) is 0.318. The van der Waals surface area contributed by atoms with Crippen molar-refractivity contribution in [2.24, 2.45) is 0 Å². The van der Waals surface area contributed by atoms with E-state index >= 15 is 0 Å². The van der Waals surface area contributed by atoms with Crippen molar-refractivity contribution in [1.29, 1.82) is 0 Å². The minimum absolute atomic E-state index is 0.352. The van der Waals surface area contributed by atoms with E-state index in [0.29, 0.717) is 6.42 Å². The molecule has 16 heavy (non-hydrogen) atoms. The van der Waals surface area contributed by atoms with E-state index in [-0.39, 0.29) is 0 Å². The van der Waals surface area contributed by atoms with Crippen molar-refractivity contribution in [3.8, 4) is 0 Å². The Morgan fingerprint density at radius 2 is 1.88 bits per heavy atom. The van der Waals surface area contributed by atoms with Crippen molar-refractivity contribution in [3.05, 3.63) is 35.9 Å². The molecule has 0 spiro atoms. The van der Waals surface area contributed by atoms with Crippen LogP contribution in [0.3, 0.4) is 0 Å². The maximum Gasteiger partial charge on any atom is 0.231 e. The lowest BCUT2D eigenvalue weighted by atomic mass is 9.99. The third-order valence-corrected chi connectivity index (χ3v) is 2.35. The van der Waals surface area contributed by atoms with Gasteiger partial charge in [0.25, 0.3) is 0 Å². The third kappa shape index (κ3) is 3.91. The molecule has 0 saturated carbocycles. The molecular weight excluding hydrogens is 207 g/mol. The molecule has 0 radical (unpaired) electrons. The summed E-state index contributed by atoms with van der Waals surface area (Å²) in [4.78, 5) is 9.89. The smallest absolute Gasteiger partial charge is 0.223 e. The first-order valence-corrected chi connectivity index (χ1v) is 5.60. The van der Waals surface area contributed by atoms with Gasteiger partial charge >= 0.3 is 0 Å². The second-order valence-electron chi connectivity index (χ2n) is 4.25. The van der Waals surface area contributed by atoms with Crippen LogP contribution in [0.2, 0.25) is 0 Å². The molecule has 0 aromatic heterocycles. The normalized spacial score (nSPS) is 13.8. The second-order valence-corrected chi connectivity index (χ2v) is 4.25. The second kappa shape index (κ2) is 5.97. The van der Waals surface area contributed by atoms with Gasteiger partial charge in [-0.15, -0.1) is 0 Å².